The Kier molecular flexibility index (Phi) is 141. The van der Waals surface area contributed by atoms with Gasteiger partial charge in [0.25, 0.3) is 0 Å². The summed E-state index contributed by atoms with van der Waals surface area (Å²) in [6, 6.07) is 0. The third-order valence-corrected chi connectivity index (χ3v) is 0. The van der Waals surface area contributed by atoms with Crippen molar-refractivity contribution in [3.05, 3.63) is 0 Å². The molecule has 12 nitrogen and oxygen atoms in total. The molecule has 102 valence electrons. The Bertz CT molecular complexity index is 117. The number of hydrogen-bond donors (Lipinski definition) is 6. The van der Waals surface area contributed by atoms with Crippen LogP contribution in [-0.2, 0) is 65.4 Å². The topological polar surface area (TPSA) is 267 Å². The van der Waals surface area contributed by atoms with Crippen molar-refractivity contribution in [3.8, 4) is 0 Å². The van der Waals surface area contributed by atoms with Crippen LogP contribution in [0.5, 0.6) is 0 Å². The fourth-order valence-corrected chi connectivity index (χ4v) is 0. The van der Waals surface area contributed by atoms with Crippen molar-refractivity contribution in [1.82, 2.24) is 0 Å². The van der Waals surface area contributed by atoms with Crippen LogP contribution in [0.15, 0.2) is 0 Å². The van der Waals surface area contributed by atoms with Gasteiger partial charge in [-0.25, -0.2) is 14.4 Å². The van der Waals surface area contributed by atoms with Crippen molar-refractivity contribution >= 4 is 18.5 Å². The van der Waals surface area contributed by atoms with Crippen LogP contribution in [0, 0.1) is 0 Å². The Morgan fingerprint density at radius 2 is 0.471 bits per heavy atom. The molecule has 17 heavy (non-hydrogen) atoms. The monoisotopic (exact) mass is 418 g/mol. The van der Waals surface area contributed by atoms with Crippen molar-refractivity contribution < 1.29 is 127 Å². The zero-order valence-electron chi connectivity index (χ0n) is 8.06. The van der Waals surface area contributed by atoms with Crippen LogP contribution in [0.25, 0.3) is 0 Å². The van der Waals surface area contributed by atoms with Crippen LogP contribution in [0.3, 0.4) is 0 Å². The second kappa shape index (κ2) is 44.6. The summed E-state index contributed by atoms with van der Waals surface area (Å²) in [5.74, 6) is 0. The summed E-state index contributed by atoms with van der Waals surface area (Å²) in [6.45, 7) is 0. The van der Waals surface area contributed by atoms with E-state index in [9.17, 15) is 0 Å². The van der Waals surface area contributed by atoms with Gasteiger partial charge in [0.05, 0.1) is 0 Å². The van der Waals surface area contributed by atoms with Crippen LogP contribution < -0.4 is 0 Å². The first-order valence-electron chi connectivity index (χ1n) is 1.95. The van der Waals surface area contributed by atoms with E-state index in [0.717, 1.165) is 0 Å². The van der Waals surface area contributed by atoms with E-state index in [2.05, 4.69) is 0 Å². The Morgan fingerprint density at radius 3 is 0.471 bits per heavy atom. The Morgan fingerprint density at radius 1 is 0.471 bits per heavy atom. The second-order valence-electron chi connectivity index (χ2n) is 0.848. The van der Waals surface area contributed by atoms with Gasteiger partial charge in [-0.1, -0.05) is 0 Å². The van der Waals surface area contributed by atoms with Crippen LogP contribution in [0.4, 0.5) is 14.4 Å². The Labute approximate surface area is 144 Å². The summed E-state index contributed by atoms with van der Waals surface area (Å²) < 4.78 is 0. The molecule has 0 amide bonds. The molecule has 0 aromatic rings. The molecular formula is C3H12O12Y2. The fourth-order valence-electron chi connectivity index (χ4n) is 0. The van der Waals surface area contributed by atoms with Gasteiger partial charge in [0.1, 0.15) is 0 Å². The number of carboxylic acid groups (broad SMARTS) is 6. The standard InChI is InChI=1S/3CH2O3.3H2O.2Y/c3*2-1(3)4;;;;;/h3*(H2,2,3,4);3*1H2;;. The normalized spacial score (nSPS) is 4.24. The fraction of sp³-hybridized carbons (Fsp3) is 0. The molecule has 0 spiro atoms. The molecule has 0 aliphatic carbocycles. The zero-order chi connectivity index (χ0) is 10.7. The van der Waals surface area contributed by atoms with Gasteiger partial charge in [-0.05, 0) is 0 Å². The third-order valence-electron chi connectivity index (χ3n) is 0. The minimum atomic E-state index is -1.83. The minimum absolute atomic E-state index is 0. The summed E-state index contributed by atoms with van der Waals surface area (Å²) in [5.41, 5.74) is 0. The maximum absolute atomic E-state index is 8.56. The maximum atomic E-state index is 8.56. The molecule has 0 saturated carbocycles. The van der Waals surface area contributed by atoms with Crippen molar-refractivity contribution in [1.29, 1.82) is 0 Å². The summed E-state index contributed by atoms with van der Waals surface area (Å²) in [6.07, 6.45) is -5.50. The van der Waals surface area contributed by atoms with Gasteiger partial charge in [0, 0.05) is 65.4 Å². The maximum Gasteiger partial charge on any atom is 0.503 e. The van der Waals surface area contributed by atoms with Crippen LogP contribution in [-0.4, -0.2) is 65.5 Å². The van der Waals surface area contributed by atoms with Gasteiger partial charge < -0.3 is 47.1 Å². The zero-order valence-corrected chi connectivity index (χ0v) is 13.7. The predicted molar refractivity (Wildman–Crippen MR) is 42.8 cm³/mol. The molecule has 0 saturated heterocycles. The minimum Gasteiger partial charge on any atom is -0.450 e. The van der Waals surface area contributed by atoms with E-state index in [0.29, 0.717) is 0 Å². The molecule has 0 aliphatic heterocycles. The molecule has 0 atom stereocenters. The summed E-state index contributed by atoms with van der Waals surface area (Å²) in [7, 11) is 0. The molecule has 12 N–H and O–H groups in total. The predicted octanol–water partition coefficient (Wildman–Crippen LogP) is -1.81. The summed E-state index contributed by atoms with van der Waals surface area (Å²) in [4.78, 5) is 25.7. The van der Waals surface area contributed by atoms with Gasteiger partial charge in [-0.15, -0.1) is 0 Å². The molecule has 0 heterocycles. The molecule has 0 bridgehead atoms. The van der Waals surface area contributed by atoms with Crippen molar-refractivity contribution in [2.75, 3.05) is 0 Å². The van der Waals surface area contributed by atoms with Crippen LogP contribution >= 0.6 is 0 Å². The first kappa shape index (κ1) is 53.9. The molecule has 0 aromatic carbocycles. The largest absolute Gasteiger partial charge is 0.503 e. The molecule has 2 radical (unpaired) electrons. The SMILES string of the molecule is O.O.O.O=C(O)O.O=C(O)O.O=C(O)O.[Y].[Y]. The average Bonchev–Trinajstić information content (AvgIpc) is 1.54. The summed E-state index contributed by atoms with van der Waals surface area (Å²) >= 11 is 0. The van der Waals surface area contributed by atoms with Gasteiger partial charge in [0.15, 0.2) is 0 Å². The van der Waals surface area contributed by atoms with Crippen molar-refractivity contribution in [2.24, 2.45) is 0 Å². The molecule has 14 heteroatoms. The van der Waals surface area contributed by atoms with Gasteiger partial charge in [-0.2, -0.15) is 0 Å². The number of rotatable bonds is 0. The Hall–Kier alpha value is -0.102. The van der Waals surface area contributed by atoms with Crippen molar-refractivity contribution in [3.63, 3.8) is 0 Å². The molecule has 0 rings (SSSR count). The summed E-state index contributed by atoms with van der Waals surface area (Å²) in [5, 5.41) is 41.8. The van der Waals surface area contributed by atoms with Crippen molar-refractivity contribution in [2.45, 2.75) is 0 Å². The first-order chi connectivity index (χ1) is 5.20. The quantitative estimate of drug-likeness (QED) is 0.258. The van der Waals surface area contributed by atoms with E-state index in [1.165, 1.54) is 0 Å². The average molecular weight is 418 g/mol. The Balaban J connectivity index is -0.0000000104. The van der Waals surface area contributed by atoms with Gasteiger partial charge in [-0.3, -0.25) is 0 Å². The van der Waals surface area contributed by atoms with E-state index < -0.39 is 18.5 Å². The molecule has 0 unspecified atom stereocenters. The molecule has 0 aliphatic rings. The molecule has 0 aromatic heterocycles. The van der Waals surface area contributed by atoms with E-state index in [1.807, 2.05) is 0 Å². The first-order valence-corrected chi connectivity index (χ1v) is 1.95. The van der Waals surface area contributed by atoms with Gasteiger partial charge in [0.2, 0.25) is 0 Å². The number of hydrogen-bond acceptors (Lipinski definition) is 3. The molecule has 0 fully saturated rings. The van der Waals surface area contributed by atoms with E-state index in [1.54, 1.807) is 0 Å². The van der Waals surface area contributed by atoms with Crippen LogP contribution in [0.1, 0.15) is 0 Å². The number of carbonyl (C=O) groups is 3. The third kappa shape index (κ3) is 294000. The van der Waals surface area contributed by atoms with E-state index in [4.69, 9.17) is 45.0 Å². The van der Waals surface area contributed by atoms with E-state index >= 15 is 0 Å². The smallest absolute Gasteiger partial charge is 0.450 e. The second-order valence-corrected chi connectivity index (χ2v) is 0.848. The molecular weight excluding hydrogens is 406 g/mol. The van der Waals surface area contributed by atoms with E-state index in [-0.39, 0.29) is 81.8 Å². The van der Waals surface area contributed by atoms with Gasteiger partial charge >= 0.3 is 18.5 Å². The van der Waals surface area contributed by atoms with Crippen LogP contribution in [0.2, 0.25) is 0 Å².